The van der Waals surface area contributed by atoms with E-state index in [1.165, 1.54) is 19.1 Å². The standard InChI is InChI=1S/C17H18F3N3O3/c1-9(10-4-3-5-11(13(10)18)14(19)20)22-15-12(16-25-6-7-26-16)8-21-17(23-15)24-2/h3-5,8-9,14,16H,6-7H2,1-2H3,(H,21,22,23)/t9-/m1/s1/i2D3,8D. The van der Waals surface area contributed by atoms with E-state index < -0.39 is 49.4 Å². The summed E-state index contributed by atoms with van der Waals surface area (Å²) in [6, 6.07) is 2.10. The zero-order valence-electron chi connectivity index (χ0n) is 17.6. The number of rotatable bonds is 6. The fraction of sp³-hybridized carbons (Fsp3) is 0.412. The molecule has 2 aromatic rings. The van der Waals surface area contributed by atoms with Gasteiger partial charge in [0.25, 0.3) is 6.43 Å². The summed E-state index contributed by atoms with van der Waals surface area (Å²) in [4.78, 5) is 7.66. The summed E-state index contributed by atoms with van der Waals surface area (Å²) in [6.45, 7) is 1.99. The van der Waals surface area contributed by atoms with Crippen molar-refractivity contribution in [2.24, 2.45) is 0 Å². The molecule has 0 bridgehead atoms. The van der Waals surface area contributed by atoms with Crippen LogP contribution < -0.4 is 10.1 Å². The molecule has 1 aromatic heterocycles. The summed E-state index contributed by atoms with van der Waals surface area (Å²) in [5.41, 5.74) is -0.780. The van der Waals surface area contributed by atoms with Gasteiger partial charge in [0.1, 0.15) is 11.6 Å². The predicted molar refractivity (Wildman–Crippen MR) is 86.6 cm³/mol. The molecule has 1 saturated heterocycles. The minimum absolute atomic E-state index is 0.0441. The van der Waals surface area contributed by atoms with E-state index in [2.05, 4.69) is 20.0 Å². The SMILES string of the molecule is [2H]c1nc(OC([2H])([2H])[2H])nc(N[C@H](C)c2cccc(C(F)F)c2F)c1C1OCCO1. The molecular weight excluding hydrogens is 351 g/mol. The molecule has 1 fully saturated rings. The molecule has 0 radical (unpaired) electrons. The highest BCUT2D eigenvalue weighted by atomic mass is 19.3. The van der Waals surface area contributed by atoms with Crippen LogP contribution >= 0.6 is 0 Å². The Morgan fingerprint density at radius 3 is 2.77 bits per heavy atom. The molecule has 0 aliphatic carbocycles. The summed E-state index contributed by atoms with van der Waals surface area (Å²) in [5, 5.41) is 2.80. The summed E-state index contributed by atoms with van der Waals surface area (Å²) in [6.07, 6.45) is -4.43. The van der Waals surface area contributed by atoms with Gasteiger partial charge in [-0.1, -0.05) is 18.2 Å². The molecule has 1 aliphatic heterocycles. The van der Waals surface area contributed by atoms with E-state index in [0.717, 1.165) is 6.07 Å². The number of anilines is 1. The van der Waals surface area contributed by atoms with Crippen LogP contribution in [0.25, 0.3) is 0 Å². The zero-order valence-corrected chi connectivity index (χ0v) is 13.6. The number of hydrogen-bond acceptors (Lipinski definition) is 6. The molecule has 26 heavy (non-hydrogen) atoms. The molecule has 6 nitrogen and oxygen atoms in total. The van der Waals surface area contributed by atoms with Gasteiger partial charge >= 0.3 is 6.01 Å². The summed E-state index contributed by atoms with van der Waals surface area (Å²) in [7, 11) is -2.87. The van der Waals surface area contributed by atoms with Crippen molar-refractivity contribution in [1.29, 1.82) is 0 Å². The number of hydrogen-bond donors (Lipinski definition) is 1. The minimum atomic E-state index is -2.99. The third-order valence-corrected chi connectivity index (χ3v) is 3.80. The van der Waals surface area contributed by atoms with Gasteiger partial charge in [0, 0.05) is 11.7 Å². The van der Waals surface area contributed by atoms with E-state index in [1.54, 1.807) is 0 Å². The highest BCUT2D eigenvalue weighted by molar-refractivity contribution is 5.47. The molecule has 140 valence electrons. The fourth-order valence-corrected chi connectivity index (χ4v) is 2.54. The second kappa shape index (κ2) is 7.88. The van der Waals surface area contributed by atoms with E-state index >= 15 is 0 Å². The van der Waals surface area contributed by atoms with Crippen LogP contribution in [0.4, 0.5) is 19.0 Å². The van der Waals surface area contributed by atoms with Crippen LogP contribution in [0.3, 0.4) is 0 Å². The number of halogens is 3. The highest BCUT2D eigenvalue weighted by Gasteiger charge is 2.26. The molecule has 1 atom stereocenters. The first kappa shape index (κ1) is 13.8. The van der Waals surface area contributed by atoms with Gasteiger partial charge in [-0.15, -0.1) is 0 Å². The molecule has 0 spiro atoms. The number of nitrogens with one attached hydrogen (secondary N) is 1. The van der Waals surface area contributed by atoms with Crippen molar-refractivity contribution in [2.45, 2.75) is 25.7 Å². The first-order valence-electron chi connectivity index (χ1n) is 9.70. The highest BCUT2D eigenvalue weighted by Crippen LogP contribution is 2.33. The lowest BCUT2D eigenvalue weighted by Crippen LogP contribution is -2.15. The van der Waals surface area contributed by atoms with Gasteiger partial charge in [-0.3, -0.25) is 0 Å². The van der Waals surface area contributed by atoms with Crippen molar-refractivity contribution in [2.75, 3.05) is 25.6 Å². The maximum atomic E-state index is 14.5. The average molecular weight is 373 g/mol. The second-order valence-electron chi connectivity index (χ2n) is 5.47. The Morgan fingerprint density at radius 1 is 1.35 bits per heavy atom. The zero-order chi connectivity index (χ0) is 22.1. The number of aromatic nitrogens is 2. The van der Waals surface area contributed by atoms with Crippen LogP contribution in [0.1, 0.15) is 47.9 Å². The lowest BCUT2D eigenvalue weighted by Gasteiger charge is -2.20. The van der Waals surface area contributed by atoms with E-state index in [-0.39, 0.29) is 30.2 Å². The van der Waals surface area contributed by atoms with Crippen LogP contribution in [0.5, 0.6) is 6.01 Å². The predicted octanol–water partition coefficient (Wildman–Crippen LogP) is 3.78. The Morgan fingerprint density at radius 2 is 2.08 bits per heavy atom. The first-order chi connectivity index (χ1) is 14.1. The molecular formula is C17H18F3N3O3. The van der Waals surface area contributed by atoms with Crippen molar-refractivity contribution in [3.63, 3.8) is 0 Å². The quantitative estimate of drug-likeness (QED) is 0.831. The summed E-state index contributed by atoms with van der Waals surface area (Å²) < 4.78 is 85.6. The third-order valence-electron chi connectivity index (χ3n) is 3.80. The fourth-order valence-electron chi connectivity index (χ4n) is 2.54. The molecule has 1 aromatic carbocycles. The monoisotopic (exact) mass is 373 g/mol. The topological polar surface area (TPSA) is 65.5 Å². The summed E-state index contributed by atoms with van der Waals surface area (Å²) >= 11 is 0. The van der Waals surface area contributed by atoms with Gasteiger partial charge in [-0.25, -0.2) is 18.2 Å². The smallest absolute Gasteiger partial charge is 0.318 e. The molecule has 0 unspecified atom stereocenters. The number of benzene rings is 1. The molecule has 9 heteroatoms. The van der Waals surface area contributed by atoms with Crippen molar-refractivity contribution in [1.82, 2.24) is 9.97 Å². The van der Waals surface area contributed by atoms with Crippen LogP contribution in [0.2, 0.25) is 0 Å². The normalized spacial score (nSPS) is 18.8. The van der Waals surface area contributed by atoms with Crippen LogP contribution in [0.15, 0.2) is 24.4 Å². The van der Waals surface area contributed by atoms with Crippen molar-refractivity contribution < 1.29 is 32.9 Å². The van der Waals surface area contributed by atoms with Crippen LogP contribution in [-0.4, -0.2) is 30.2 Å². The average Bonchev–Trinajstić information content (AvgIpc) is 3.13. The number of methoxy groups -OCH3 is 1. The van der Waals surface area contributed by atoms with E-state index in [9.17, 15) is 13.2 Å². The van der Waals surface area contributed by atoms with Gasteiger partial charge < -0.3 is 19.5 Å². The molecule has 3 rings (SSSR count). The summed E-state index contributed by atoms with van der Waals surface area (Å²) in [5.74, 6) is -1.18. The van der Waals surface area contributed by atoms with Gasteiger partial charge in [0.05, 0.1) is 42.9 Å². The van der Waals surface area contributed by atoms with Crippen LogP contribution in [0, 0.1) is 5.82 Å². The maximum Gasteiger partial charge on any atom is 0.318 e. The van der Waals surface area contributed by atoms with Gasteiger partial charge in [0.15, 0.2) is 6.29 Å². The van der Waals surface area contributed by atoms with Gasteiger partial charge in [0.2, 0.25) is 0 Å². The third kappa shape index (κ3) is 3.73. The Balaban J connectivity index is 1.99. The van der Waals surface area contributed by atoms with Crippen molar-refractivity contribution in [3.8, 4) is 6.01 Å². The Kier molecular flexibility index (Phi) is 4.17. The lowest BCUT2D eigenvalue weighted by molar-refractivity contribution is -0.0440. The molecule has 1 aliphatic rings. The van der Waals surface area contributed by atoms with Gasteiger partial charge in [-0.05, 0) is 6.92 Å². The van der Waals surface area contributed by atoms with Crippen molar-refractivity contribution >= 4 is 5.82 Å². The number of ether oxygens (including phenoxy) is 3. The molecule has 0 amide bonds. The molecule has 2 heterocycles. The van der Waals surface area contributed by atoms with Crippen LogP contribution in [-0.2, 0) is 9.47 Å². The minimum Gasteiger partial charge on any atom is -0.467 e. The van der Waals surface area contributed by atoms with E-state index in [0.29, 0.717) is 0 Å². The second-order valence-corrected chi connectivity index (χ2v) is 5.47. The van der Waals surface area contributed by atoms with E-state index in [4.69, 9.17) is 15.0 Å². The first-order valence-corrected chi connectivity index (χ1v) is 7.70. The largest absolute Gasteiger partial charge is 0.467 e. The lowest BCUT2D eigenvalue weighted by atomic mass is 10.0. The maximum absolute atomic E-state index is 14.5. The number of nitrogens with zero attached hydrogens (tertiary/aromatic N) is 2. The Labute approximate surface area is 153 Å². The molecule has 0 saturated carbocycles. The van der Waals surface area contributed by atoms with E-state index in [1.807, 2.05) is 0 Å². The Hall–Kier alpha value is -2.39. The van der Waals surface area contributed by atoms with Crippen molar-refractivity contribution in [3.05, 3.63) is 46.9 Å². The Bertz CT molecular complexity index is 912. The number of alkyl halides is 2. The molecule has 1 N–H and O–H groups in total. The van der Waals surface area contributed by atoms with Gasteiger partial charge in [-0.2, -0.15) is 4.98 Å².